The van der Waals surface area contributed by atoms with Crippen LogP contribution in [0.5, 0.6) is 0 Å². The van der Waals surface area contributed by atoms with Crippen LogP contribution in [0.3, 0.4) is 0 Å². The summed E-state index contributed by atoms with van der Waals surface area (Å²) in [5, 5.41) is 3.15. The minimum Gasteiger partial charge on any atom is -0.325 e. The van der Waals surface area contributed by atoms with Gasteiger partial charge in [-0.2, -0.15) is 0 Å². The maximum atomic E-state index is 13.4. The Hall–Kier alpha value is -3.13. The van der Waals surface area contributed by atoms with Gasteiger partial charge < -0.3 is 10.2 Å². The molecule has 0 aromatic heterocycles. The van der Waals surface area contributed by atoms with Crippen LogP contribution in [-0.2, 0) is 11.3 Å². The highest BCUT2D eigenvalue weighted by Crippen LogP contribution is 2.37. The smallest absolute Gasteiger partial charge is 0.258 e. The number of thioether (sulfide) groups is 1. The van der Waals surface area contributed by atoms with Crippen LogP contribution in [-0.4, -0.2) is 66.1 Å². The summed E-state index contributed by atoms with van der Waals surface area (Å²) in [5.41, 5.74) is 3.60. The van der Waals surface area contributed by atoms with Crippen LogP contribution in [0, 0.1) is 0 Å². The van der Waals surface area contributed by atoms with E-state index in [0.29, 0.717) is 12.1 Å². The molecular weight excluding hydrogens is 480 g/mol. The summed E-state index contributed by atoms with van der Waals surface area (Å²) in [6.07, 6.45) is 0.754. The zero-order chi connectivity index (χ0) is 25.6. The SMILES string of the molecule is CCC(C(=O)Nc1ccc2c(c1)N(C(=O)c1ccccc1)CCS2)N1CCN(Cc2ccccc2)CC1. The van der Waals surface area contributed by atoms with E-state index < -0.39 is 0 Å². The molecule has 2 amide bonds. The summed E-state index contributed by atoms with van der Waals surface area (Å²) < 4.78 is 0. The fraction of sp³-hybridized carbons (Fsp3) is 0.333. The zero-order valence-electron chi connectivity index (χ0n) is 21.3. The molecule has 2 aliphatic heterocycles. The van der Waals surface area contributed by atoms with Gasteiger partial charge in [-0.25, -0.2) is 0 Å². The van der Waals surface area contributed by atoms with E-state index in [9.17, 15) is 9.59 Å². The molecule has 6 nitrogen and oxygen atoms in total. The molecule has 1 N–H and O–H groups in total. The molecule has 3 aromatic carbocycles. The van der Waals surface area contributed by atoms with E-state index in [-0.39, 0.29) is 17.9 Å². The first-order valence-electron chi connectivity index (χ1n) is 13.1. The van der Waals surface area contributed by atoms with E-state index in [0.717, 1.165) is 61.2 Å². The van der Waals surface area contributed by atoms with Crippen LogP contribution < -0.4 is 10.2 Å². The standard InChI is InChI=1S/C30H34N4O2S/c1-2-26(33-17-15-32(16-18-33)22-23-9-5-3-6-10-23)29(35)31-25-13-14-28-27(21-25)34(19-20-37-28)30(36)24-11-7-4-8-12-24/h3-14,21,26H,2,15-20,22H2,1H3,(H,31,35). The Kier molecular flexibility index (Phi) is 8.24. The van der Waals surface area contributed by atoms with Gasteiger partial charge in [-0.3, -0.25) is 19.4 Å². The molecular formula is C30H34N4O2S. The van der Waals surface area contributed by atoms with Crippen molar-refractivity contribution in [3.05, 3.63) is 90.0 Å². The summed E-state index contributed by atoms with van der Waals surface area (Å²) in [7, 11) is 0. The van der Waals surface area contributed by atoms with Crippen LogP contribution >= 0.6 is 11.8 Å². The van der Waals surface area contributed by atoms with Crippen molar-refractivity contribution in [1.82, 2.24) is 9.80 Å². The quantitative estimate of drug-likeness (QED) is 0.482. The Morgan fingerprint density at radius 3 is 2.30 bits per heavy atom. The molecule has 2 aliphatic rings. The summed E-state index contributed by atoms with van der Waals surface area (Å²) in [6, 6.07) is 25.7. The summed E-state index contributed by atoms with van der Waals surface area (Å²) in [5.74, 6) is 0.861. The molecule has 0 saturated carbocycles. The summed E-state index contributed by atoms with van der Waals surface area (Å²) in [6.45, 7) is 7.31. The van der Waals surface area contributed by atoms with Crippen molar-refractivity contribution in [1.29, 1.82) is 0 Å². The number of benzene rings is 3. The van der Waals surface area contributed by atoms with Gasteiger partial charge in [-0.05, 0) is 42.3 Å². The molecule has 1 unspecified atom stereocenters. The first kappa shape index (κ1) is 25.5. The molecule has 0 spiro atoms. The fourth-order valence-electron chi connectivity index (χ4n) is 5.15. The lowest BCUT2D eigenvalue weighted by Crippen LogP contribution is -2.53. The molecule has 1 saturated heterocycles. The van der Waals surface area contributed by atoms with Gasteiger partial charge in [0.25, 0.3) is 5.91 Å². The van der Waals surface area contributed by atoms with E-state index in [2.05, 4.69) is 46.3 Å². The molecule has 192 valence electrons. The Bertz CT molecular complexity index is 1210. The number of nitrogens with one attached hydrogen (secondary N) is 1. The fourth-order valence-corrected chi connectivity index (χ4v) is 6.13. The lowest BCUT2D eigenvalue weighted by molar-refractivity contribution is -0.122. The van der Waals surface area contributed by atoms with Crippen LogP contribution in [0.1, 0.15) is 29.3 Å². The van der Waals surface area contributed by atoms with Crippen molar-refractivity contribution in [2.45, 2.75) is 30.8 Å². The minimum absolute atomic E-state index is 0.00886. The van der Waals surface area contributed by atoms with Crippen molar-refractivity contribution in [2.24, 2.45) is 0 Å². The van der Waals surface area contributed by atoms with E-state index in [1.54, 1.807) is 11.8 Å². The first-order valence-corrected chi connectivity index (χ1v) is 14.1. The molecule has 0 radical (unpaired) electrons. The van der Waals surface area contributed by atoms with Crippen molar-refractivity contribution in [2.75, 3.05) is 48.7 Å². The van der Waals surface area contributed by atoms with Gasteiger partial charge in [0.1, 0.15) is 0 Å². The number of nitrogens with zero attached hydrogens (tertiary/aromatic N) is 3. The van der Waals surface area contributed by atoms with Crippen LogP contribution in [0.15, 0.2) is 83.8 Å². The largest absolute Gasteiger partial charge is 0.325 e. The third-order valence-corrected chi connectivity index (χ3v) is 8.18. The van der Waals surface area contributed by atoms with E-state index in [1.807, 2.05) is 59.5 Å². The molecule has 1 atom stereocenters. The predicted molar refractivity (Wildman–Crippen MR) is 151 cm³/mol. The lowest BCUT2D eigenvalue weighted by Gasteiger charge is -2.38. The highest BCUT2D eigenvalue weighted by atomic mass is 32.2. The Labute approximate surface area is 223 Å². The number of fused-ring (bicyclic) bond motifs is 1. The van der Waals surface area contributed by atoms with E-state index >= 15 is 0 Å². The Morgan fingerprint density at radius 1 is 0.892 bits per heavy atom. The van der Waals surface area contributed by atoms with Gasteiger partial charge in [0.05, 0.1) is 11.7 Å². The van der Waals surface area contributed by atoms with Gasteiger partial charge in [0.15, 0.2) is 0 Å². The highest BCUT2D eigenvalue weighted by Gasteiger charge is 2.29. The summed E-state index contributed by atoms with van der Waals surface area (Å²) in [4.78, 5) is 34.2. The molecule has 1 fully saturated rings. The second-order valence-corrected chi connectivity index (χ2v) is 10.7. The number of amides is 2. The molecule has 3 aromatic rings. The van der Waals surface area contributed by atoms with Crippen molar-refractivity contribution in [3.8, 4) is 0 Å². The van der Waals surface area contributed by atoms with Crippen LogP contribution in [0.25, 0.3) is 0 Å². The molecule has 0 bridgehead atoms. The molecule has 37 heavy (non-hydrogen) atoms. The highest BCUT2D eigenvalue weighted by molar-refractivity contribution is 7.99. The summed E-state index contributed by atoms with van der Waals surface area (Å²) >= 11 is 1.75. The number of piperazine rings is 1. The maximum Gasteiger partial charge on any atom is 0.258 e. The molecule has 7 heteroatoms. The van der Waals surface area contributed by atoms with Gasteiger partial charge in [-0.15, -0.1) is 11.8 Å². The van der Waals surface area contributed by atoms with Gasteiger partial charge >= 0.3 is 0 Å². The van der Waals surface area contributed by atoms with Crippen molar-refractivity contribution >= 4 is 35.0 Å². The second-order valence-electron chi connectivity index (χ2n) is 9.56. The number of rotatable bonds is 7. The normalized spacial score (nSPS) is 17.2. The number of carbonyl (C=O) groups excluding carboxylic acids is 2. The molecule has 0 aliphatic carbocycles. The predicted octanol–water partition coefficient (Wildman–Crippen LogP) is 4.97. The number of carbonyl (C=O) groups is 2. The monoisotopic (exact) mass is 514 g/mol. The average Bonchev–Trinajstić information content (AvgIpc) is 2.94. The average molecular weight is 515 g/mol. The van der Waals surface area contributed by atoms with Crippen molar-refractivity contribution < 1.29 is 9.59 Å². The van der Waals surface area contributed by atoms with Gasteiger partial charge in [0, 0.05) is 61.2 Å². The Morgan fingerprint density at radius 2 is 1.59 bits per heavy atom. The zero-order valence-corrected chi connectivity index (χ0v) is 22.1. The first-order chi connectivity index (χ1) is 18.1. The minimum atomic E-state index is -0.175. The van der Waals surface area contributed by atoms with Crippen LogP contribution in [0.2, 0.25) is 0 Å². The topological polar surface area (TPSA) is 55.9 Å². The maximum absolute atomic E-state index is 13.4. The van der Waals surface area contributed by atoms with Crippen LogP contribution in [0.4, 0.5) is 11.4 Å². The second kappa shape index (κ2) is 11.9. The number of hydrogen-bond acceptors (Lipinski definition) is 5. The number of anilines is 2. The van der Waals surface area contributed by atoms with Crippen molar-refractivity contribution in [3.63, 3.8) is 0 Å². The molecule has 2 heterocycles. The third-order valence-electron chi connectivity index (χ3n) is 7.14. The Balaban J connectivity index is 1.23. The van der Waals surface area contributed by atoms with E-state index in [1.165, 1.54) is 5.56 Å². The van der Waals surface area contributed by atoms with Gasteiger partial charge in [0.2, 0.25) is 5.91 Å². The number of hydrogen-bond donors (Lipinski definition) is 1. The van der Waals surface area contributed by atoms with E-state index in [4.69, 9.17) is 0 Å². The lowest BCUT2D eigenvalue weighted by atomic mass is 10.1. The third kappa shape index (κ3) is 6.06. The molecule has 5 rings (SSSR count). The van der Waals surface area contributed by atoms with Gasteiger partial charge in [-0.1, -0.05) is 55.5 Å².